The highest BCUT2D eigenvalue weighted by Gasteiger charge is 2.29. The number of amides is 1. The van der Waals surface area contributed by atoms with E-state index in [0.29, 0.717) is 0 Å². The lowest BCUT2D eigenvalue weighted by Crippen LogP contribution is -2.52. The van der Waals surface area contributed by atoms with Crippen LogP contribution >= 0.6 is 0 Å². The molecule has 1 fully saturated rings. The number of nitrogens with zero attached hydrogens (tertiary/aromatic N) is 1. The maximum Gasteiger partial charge on any atom is 0.240 e. The fourth-order valence-corrected chi connectivity index (χ4v) is 1.64. The van der Waals surface area contributed by atoms with E-state index in [0.717, 1.165) is 19.4 Å². The van der Waals surface area contributed by atoms with Crippen LogP contribution in [-0.4, -0.2) is 36.5 Å². The molecule has 0 aliphatic carbocycles. The number of nitrogens with one attached hydrogen (secondary N) is 1. The number of carbonyl (C=O) groups excluding carboxylic acids is 1. The largest absolute Gasteiger partial charge is 0.328 e. The smallest absolute Gasteiger partial charge is 0.240 e. The van der Waals surface area contributed by atoms with E-state index < -0.39 is 0 Å². The van der Waals surface area contributed by atoms with Crippen LogP contribution in [0, 0.1) is 12.3 Å². The lowest BCUT2D eigenvalue weighted by Gasteiger charge is -2.34. The van der Waals surface area contributed by atoms with Crippen molar-refractivity contribution >= 4 is 5.91 Å². The number of rotatable bonds is 2. The van der Waals surface area contributed by atoms with Crippen LogP contribution in [0.25, 0.3) is 0 Å². The monoisotopic (exact) mass is 180 g/mol. The van der Waals surface area contributed by atoms with Gasteiger partial charge in [-0.1, -0.05) is 5.92 Å². The number of carbonyl (C=O) groups is 1. The Morgan fingerprint density at radius 3 is 3.00 bits per heavy atom. The molecule has 1 aliphatic rings. The number of hydrogen-bond acceptors (Lipinski definition) is 2. The second-order valence-corrected chi connectivity index (χ2v) is 3.36. The zero-order valence-corrected chi connectivity index (χ0v) is 8.21. The van der Waals surface area contributed by atoms with Crippen LogP contribution in [-0.2, 0) is 4.79 Å². The van der Waals surface area contributed by atoms with Crippen molar-refractivity contribution in [3.63, 3.8) is 0 Å². The Bertz CT molecular complexity index is 232. The minimum atomic E-state index is -0.0800. The van der Waals surface area contributed by atoms with E-state index >= 15 is 0 Å². The zero-order valence-electron chi connectivity index (χ0n) is 8.21. The molecule has 3 heteroatoms. The van der Waals surface area contributed by atoms with Crippen molar-refractivity contribution in [2.45, 2.75) is 31.8 Å². The highest BCUT2D eigenvalue weighted by atomic mass is 16.2. The van der Waals surface area contributed by atoms with E-state index in [4.69, 9.17) is 6.42 Å². The normalized spacial score (nSPS) is 25.5. The van der Waals surface area contributed by atoms with Gasteiger partial charge in [-0.25, -0.2) is 0 Å². The number of piperidine rings is 1. The van der Waals surface area contributed by atoms with E-state index in [1.165, 1.54) is 0 Å². The molecule has 0 saturated carbocycles. The molecule has 3 nitrogen and oxygen atoms in total. The second kappa shape index (κ2) is 4.29. The Morgan fingerprint density at radius 1 is 1.77 bits per heavy atom. The van der Waals surface area contributed by atoms with Crippen molar-refractivity contribution in [2.24, 2.45) is 0 Å². The maximum atomic E-state index is 11.7. The van der Waals surface area contributed by atoms with Gasteiger partial charge in [-0.2, -0.15) is 0 Å². The molecular formula is C10H16N2O. The number of likely N-dealkylation sites (N-methyl/N-ethyl adjacent to an activating group) is 1. The summed E-state index contributed by atoms with van der Waals surface area (Å²) in [5.41, 5.74) is 0. The van der Waals surface area contributed by atoms with Gasteiger partial charge in [0.25, 0.3) is 0 Å². The van der Waals surface area contributed by atoms with Gasteiger partial charge in [0, 0.05) is 6.54 Å². The SMILES string of the molecule is C#CC(C)N1CCCC(NC)C1=O. The summed E-state index contributed by atoms with van der Waals surface area (Å²) in [6.07, 6.45) is 7.24. The molecule has 1 aliphatic heterocycles. The summed E-state index contributed by atoms with van der Waals surface area (Å²) in [6.45, 7) is 2.68. The first-order chi connectivity index (χ1) is 6.20. The Balaban J connectivity index is 2.66. The molecule has 2 atom stereocenters. The highest BCUT2D eigenvalue weighted by molar-refractivity contribution is 5.83. The van der Waals surface area contributed by atoms with Crippen molar-refractivity contribution in [2.75, 3.05) is 13.6 Å². The molecule has 72 valence electrons. The lowest BCUT2D eigenvalue weighted by atomic mass is 10.0. The van der Waals surface area contributed by atoms with Crippen LogP contribution in [0.15, 0.2) is 0 Å². The van der Waals surface area contributed by atoms with Crippen LogP contribution < -0.4 is 5.32 Å². The van der Waals surface area contributed by atoms with Crippen LogP contribution in [0.5, 0.6) is 0 Å². The molecule has 1 heterocycles. The van der Waals surface area contributed by atoms with Gasteiger partial charge in [0.05, 0.1) is 12.1 Å². The van der Waals surface area contributed by atoms with E-state index in [2.05, 4.69) is 11.2 Å². The minimum absolute atomic E-state index is 0.0375. The first-order valence-corrected chi connectivity index (χ1v) is 4.64. The van der Waals surface area contributed by atoms with Crippen LogP contribution in [0.3, 0.4) is 0 Å². The summed E-state index contributed by atoms with van der Waals surface area (Å²) < 4.78 is 0. The third-order valence-corrected chi connectivity index (χ3v) is 2.53. The van der Waals surface area contributed by atoms with Crippen LogP contribution in [0.1, 0.15) is 19.8 Å². The van der Waals surface area contributed by atoms with E-state index in [1.807, 2.05) is 14.0 Å². The topological polar surface area (TPSA) is 32.3 Å². The molecule has 0 radical (unpaired) electrons. The average molecular weight is 180 g/mol. The Kier molecular flexibility index (Phi) is 3.32. The summed E-state index contributed by atoms with van der Waals surface area (Å²) in [5, 5.41) is 3.00. The van der Waals surface area contributed by atoms with Crippen LogP contribution in [0.4, 0.5) is 0 Å². The van der Waals surface area contributed by atoms with Gasteiger partial charge in [-0.05, 0) is 26.8 Å². The maximum absolute atomic E-state index is 11.7. The predicted molar refractivity (Wildman–Crippen MR) is 52.1 cm³/mol. The lowest BCUT2D eigenvalue weighted by molar-refractivity contribution is -0.136. The molecule has 0 aromatic heterocycles. The molecule has 13 heavy (non-hydrogen) atoms. The van der Waals surface area contributed by atoms with Gasteiger partial charge >= 0.3 is 0 Å². The fraction of sp³-hybridized carbons (Fsp3) is 0.700. The number of hydrogen-bond donors (Lipinski definition) is 1. The quantitative estimate of drug-likeness (QED) is 0.616. The molecule has 1 saturated heterocycles. The Hall–Kier alpha value is -1.01. The van der Waals surface area contributed by atoms with Gasteiger partial charge in [-0.3, -0.25) is 4.79 Å². The van der Waals surface area contributed by atoms with Gasteiger partial charge in [0.15, 0.2) is 0 Å². The first-order valence-electron chi connectivity index (χ1n) is 4.64. The Morgan fingerprint density at radius 2 is 2.46 bits per heavy atom. The fourth-order valence-electron chi connectivity index (χ4n) is 1.64. The van der Waals surface area contributed by atoms with E-state index in [1.54, 1.807) is 4.90 Å². The summed E-state index contributed by atoms with van der Waals surface area (Å²) in [6, 6.07) is -0.117. The molecule has 0 bridgehead atoms. The minimum Gasteiger partial charge on any atom is -0.328 e. The molecular weight excluding hydrogens is 164 g/mol. The van der Waals surface area contributed by atoms with Gasteiger partial charge in [-0.15, -0.1) is 6.42 Å². The van der Waals surface area contributed by atoms with Gasteiger partial charge < -0.3 is 10.2 Å². The Labute approximate surface area is 79.5 Å². The second-order valence-electron chi connectivity index (χ2n) is 3.36. The summed E-state index contributed by atoms with van der Waals surface area (Å²) >= 11 is 0. The number of terminal acetylenes is 1. The third-order valence-electron chi connectivity index (χ3n) is 2.53. The summed E-state index contributed by atoms with van der Waals surface area (Å²) in [7, 11) is 1.81. The van der Waals surface area contributed by atoms with Gasteiger partial charge in [0.2, 0.25) is 5.91 Å². The van der Waals surface area contributed by atoms with E-state index in [9.17, 15) is 4.79 Å². The van der Waals surface area contributed by atoms with E-state index in [-0.39, 0.29) is 18.0 Å². The van der Waals surface area contributed by atoms with Crippen molar-refractivity contribution in [3.8, 4) is 12.3 Å². The average Bonchev–Trinajstić information content (AvgIpc) is 2.17. The molecule has 1 rings (SSSR count). The molecule has 1 amide bonds. The van der Waals surface area contributed by atoms with Crippen molar-refractivity contribution in [3.05, 3.63) is 0 Å². The van der Waals surface area contributed by atoms with Crippen LogP contribution in [0.2, 0.25) is 0 Å². The highest BCUT2D eigenvalue weighted by Crippen LogP contribution is 2.13. The molecule has 0 aromatic carbocycles. The zero-order chi connectivity index (χ0) is 9.84. The molecule has 0 spiro atoms. The molecule has 1 N–H and O–H groups in total. The third kappa shape index (κ3) is 2.02. The molecule has 2 unspecified atom stereocenters. The standard InChI is InChI=1S/C10H16N2O/c1-4-8(2)12-7-5-6-9(11-3)10(12)13/h1,8-9,11H,5-7H2,2-3H3. The molecule has 0 aromatic rings. The first kappa shape index (κ1) is 10.1. The number of likely N-dealkylation sites (tertiary alicyclic amines) is 1. The van der Waals surface area contributed by atoms with Crippen molar-refractivity contribution < 1.29 is 4.79 Å². The van der Waals surface area contributed by atoms with Crippen molar-refractivity contribution in [1.29, 1.82) is 0 Å². The van der Waals surface area contributed by atoms with Crippen molar-refractivity contribution in [1.82, 2.24) is 10.2 Å². The summed E-state index contributed by atoms with van der Waals surface area (Å²) in [5.74, 6) is 2.73. The van der Waals surface area contributed by atoms with Gasteiger partial charge in [0.1, 0.15) is 0 Å². The summed E-state index contributed by atoms with van der Waals surface area (Å²) in [4.78, 5) is 13.5. The predicted octanol–water partition coefficient (Wildman–Crippen LogP) is 0.218.